The van der Waals surface area contributed by atoms with Gasteiger partial charge in [0, 0.05) is 36.5 Å². The molecule has 94 valence electrons. The molecule has 16 heavy (non-hydrogen) atoms. The van der Waals surface area contributed by atoms with Crippen LogP contribution in [0.5, 0.6) is 0 Å². The highest BCUT2D eigenvalue weighted by atomic mass is 32.2. The summed E-state index contributed by atoms with van der Waals surface area (Å²) < 4.78 is 0. The van der Waals surface area contributed by atoms with Gasteiger partial charge in [0.25, 0.3) is 0 Å². The fourth-order valence-electron chi connectivity index (χ4n) is 3.30. The van der Waals surface area contributed by atoms with Gasteiger partial charge in [0.2, 0.25) is 0 Å². The second kappa shape index (κ2) is 5.74. The summed E-state index contributed by atoms with van der Waals surface area (Å²) in [5.41, 5.74) is 0. The molecule has 1 saturated carbocycles. The summed E-state index contributed by atoms with van der Waals surface area (Å²) in [5, 5.41) is 4.58. The van der Waals surface area contributed by atoms with Gasteiger partial charge in [-0.15, -0.1) is 0 Å². The lowest BCUT2D eigenvalue weighted by molar-refractivity contribution is 0.243. The van der Waals surface area contributed by atoms with Gasteiger partial charge in [0.1, 0.15) is 0 Å². The van der Waals surface area contributed by atoms with Crippen LogP contribution in [0.1, 0.15) is 39.5 Å². The highest BCUT2D eigenvalue weighted by molar-refractivity contribution is 7.99. The van der Waals surface area contributed by atoms with E-state index in [1.807, 2.05) is 0 Å². The Labute approximate surface area is 105 Å². The minimum absolute atomic E-state index is 0.630. The molecule has 0 aromatic heterocycles. The summed E-state index contributed by atoms with van der Waals surface area (Å²) in [6.45, 7) is 7.10. The van der Waals surface area contributed by atoms with E-state index in [2.05, 4.69) is 42.1 Å². The molecule has 0 radical (unpaired) electrons. The van der Waals surface area contributed by atoms with Crippen molar-refractivity contribution in [2.45, 2.75) is 62.9 Å². The topological polar surface area (TPSA) is 15.3 Å². The first-order valence-corrected chi connectivity index (χ1v) is 8.02. The van der Waals surface area contributed by atoms with Gasteiger partial charge in [-0.25, -0.2) is 0 Å². The highest BCUT2D eigenvalue weighted by Crippen LogP contribution is 2.33. The van der Waals surface area contributed by atoms with Crippen LogP contribution in [0, 0.1) is 0 Å². The van der Waals surface area contributed by atoms with Gasteiger partial charge in [0.05, 0.1) is 0 Å². The third-order valence-corrected chi connectivity index (χ3v) is 5.13. The smallest absolute Gasteiger partial charge is 0.0215 e. The molecule has 0 aromatic carbocycles. The maximum absolute atomic E-state index is 3.68. The molecule has 1 aliphatic carbocycles. The molecule has 0 aromatic rings. The maximum atomic E-state index is 3.68. The molecular weight excluding hydrogens is 216 g/mol. The van der Waals surface area contributed by atoms with Gasteiger partial charge in [-0.05, 0) is 25.5 Å². The van der Waals surface area contributed by atoms with Gasteiger partial charge in [-0.2, -0.15) is 11.8 Å². The van der Waals surface area contributed by atoms with Crippen molar-refractivity contribution < 1.29 is 0 Å². The molecule has 1 aliphatic heterocycles. The number of hydrogen-bond acceptors (Lipinski definition) is 3. The summed E-state index contributed by atoms with van der Waals surface area (Å²) in [7, 11) is 0. The molecule has 0 spiro atoms. The van der Waals surface area contributed by atoms with Gasteiger partial charge < -0.3 is 5.32 Å². The van der Waals surface area contributed by atoms with Crippen LogP contribution < -0.4 is 5.32 Å². The van der Waals surface area contributed by atoms with Crippen molar-refractivity contribution in [3.63, 3.8) is 0 Å². The Morgan fingerprint density at radius 1 is 1.25 bits per heavy atom. The fraction of sp³-hybridized carbons (Fsp3) is 1.00. The number of likely N-dealkylation sites (tertiary alicyclic amines) is 1. The Hall–Kier alpha value is 0.270. The van der Waals surface area contributed by atoms with Gasteiger partial charge >= 0.3 is 0 Å². The molecule has 2 aliphatic rings. The van der Waals surface area contributed by atoms with Crippen LogP contribution in [0.2, 0.25) is 0 Å². The molecule has 1 heterocycles. The predicted molar refractivity (Wildman–Crippen MR) is 73.2 cm³/mol. The minimum Gasteiger partial charge on any atom is -0.310 e. The monoisotopic (exact) mass is 242 g/mol. The van der Waals surface area contributed by atoms with Crippen LogP contribution in [0.25, 0.3) is 0 Å². The van der Waals surface area contributed by atoms with Crippen LogP contribution in [-0.2, 0) is 0 Å². The zero-order valence-corrected chi connectivity index (χ0v) is 11.7. The quantitative estimate of drug-likeness (QED) is 0.814. The normalized spacial score (nSPS) is 36.4. The summed E-state index contributed by atoms with van der Waals surface area (Å²) >= 11 is 2.08. The number of rotatable bonds is 4. The highest BCUT2D eigenvalue weighted by Gasteiger charge is 2.35. The summed E-state index contributed by atoms with van der Waals surface area (Å²) in [4.78, 5) is 2.74. The third-order valence-electron chi connectivity index (χ3n) is 3.98. The van der Waals surface area contributed by atoms with Crippen molar-refractivity contribution in [2.24, 2.45) is 0 Å². The van der Waals surface area contributed by atoms with Crippen molar-refractivity contribution in [1.29, 1.82) is 0 Å². The zero-order valence-electron chi connectivity index (χ0n) is 10.9. The van der Waals surface area contributed by atoms with Gasteiger partial charge in [-0.3, -0.25) is 4.90 Å². The van der Waals surface area contributed by atoms with Crippen molar-refractivity contribution in [2.75, 3.05) is 19.3 Å². The first-order valence-electron chi connectivity index (χ1n) is 6.73. The van der Waals surface area contributed by atoms with E-state index < -0.39 is 0 Å². The van der Waals surface area contributed by atoms with Gasteiger partial charge in [0.15, 0.2) is 0 Å². The first kappa shape index (κ1) is 12.7. The van der Waals surface area contributed by atoms with Crippen molar-refractivity contribution in [1.82, 2.24) is 10.2 Å². The molecule has 3 heteroatoms. The Bertz CT molecular complexity index is 220. The SMILES string of the molecule is CSC1CCCC1N1CCC(NC(C)C)C1. The molecule has 1 saturated heterocycles. The summed E-state index contributed by atoms with van der Waals surface area (Å²) in [6.07, 6.45) is 7.93. The third kappa shape index (κ3) is 2.93. The largest absolute Gasteiger partial charge is 0.310 e. The zero-order chi connectivity index (χ0) is 11.5. The van der Waals surface area contributed by atoms with E-state index in [9.17, 15) is 0 Å². The molecular formula is C13H26N2S. The second-order valence-corrected chi connectivity index (χ2v) is 6.65. The summed E-state index contributed by atoms with van der Waals surface area (Å²) in [6, 6.07) is 2.24. The number of hydrogen-bond donors (Lipinski definition) is 1. The van der Waals surface area contributed by atoms with E-state index in [0.717, 1.165) is 17.3 Å². The van der Waals surface area contributed by atoms with Crippen molar-refractivity contribution >= 4 is 11.8 Å². The molecule has 2 nitrogen and oxygen atoms in total. The average Bonchev–Trinajstić information content (AvgIpc) is 2.83. The lowest BCUT2D eigenvalue weighted by Gasteiger charge is -2.28. The molecule has 0 bridgehead atoms. The van der Waals surface area contributed by atoms with E-state index in [0.29, 0.717) is 6.04 Å². The van der Waals surface area contributed by atoms with Crippen LogP contribution in [0.3, 0.4) is 0 Å². The molecule has 0 amide bonds. The molecule has 2 rings (SSSR count). The molecule has 3 unspecified atom stereocenters. The molecule has 3 atom stereocenters. The van der Waals surface area contributed by atoms with Crippen LogP contribution >= 0.6 is 11.8 Å². The second-order valence-electron chi connectivity index (χ2n) is 5.57. The first-order chi connectivity index (χ1) is 7.70. The van der Waals surface area contributed by atoms with E-state index >= 15 is 0 Å². The minimum atomic E-state index is 0.630. The fourth-order valence-corrected chi connectivity index (χ4v) is 4.32. The lowest BCUT2D eigenvalue weighted by atomic mass is 10.2. The number of nitrogens with zero attached hydrogens (tertiary/aromatic N) is 1. The van der Waals surface area contributed by atoms with E-state index in [4.69, 9.17) is 0 Å². The van der Waals surface area contributed by atoms with Crippen molar-refractivity contribution in [3.05, 3.63) is 0 Å². The lowest BCUT2D eigenvalue weighted by Crippen LogP contribution is -2.41. The average molecular weight is 242 g/mol. The Morgan fingerprint density at radius 3 is 2.75 bits per heavy atom. The molecule has 2 fully saturated rings. The van der Waals surface area contributed by atoms with Crippen LogP contribution in [-0.4, -0.2) is 47.6 Å². The Kier molecular flexibility index (Phi) is 4.57. The predicted octanol–water partition coefficient (Wildman–Crippen LogP) is 2.34. The summed E-state index contributed by atoms with van der Waals surface area (Å²) in [5.74, 6) is 0. The molecule has 1 N–H and O–H groups in total. The van der Waals surface area contributed by atoms with Crippen LogP contribution in [0.15, 0.2) is 0 Å². The Balaban J connectivity index is 1.83. The Morgan fingerprint density at radius 2 is 2.06 bits per heavy atom. The van der Waals surface area contributed by atoms with E-state index in [1.54, 1.807) is 0 Å². The van der Waals surface area contributed by atoms with Gasteiger partial charge in [-0.1, -0.05) is 20.3 Å². The maximum Gasteiger partial charge on any atom is 0.0215 e. The van der Waals surface area contributed by atoms with Crippen molar-refractivity contribution in [3.8, 4) is 0 Å². The standard InChI is InChI=1S/C13H26N2S/c1-10(2)14-11-7-8-15(9-11)12-5-4-6-13(12)16-3/h10-14H,4-9H2,1-3H3. The van der Waals surface area contributed by atoms with E-state index in [1.165, 1.54) is 38.8 Å². The number of nitrogens with one attached hydrogen (secondary N) is 1. The van der Waals surface area contributed by atoms with E-state index in [-0.39, 0.29) is 0 Å². The number of thioether (sulfide) groups is 1. The van der Waals surface area contributed by atoms with Crippen LogP contribution in [0.4, 0.5) is 0 Å².